The number of thiophene rings is 1. The molecule has 0 bridgehead atoms. The van der Waals surface area contributed by atoms with Crippen molar-refractivity contribution in [1.82, 2.24) is 4.98 Å². The second-order valence-corrected chi connectivity index (χ2v) is 8.65. The van der Waals surface area contributed by atoms with Gasteiger partial charge in [-0.1, -0.05) is 91.0 Å². The molecule has 0 aliphatic rings. The summed E-state index contributed by atoms with van der Waals surface area (Å²) in [6.45, 7) is 1.45. The molecule has 0 spiro atoms. The van der Waals surface area contributed by atoms with Crippen molar-refractivity contribution in [2.24, 2.45) is 0 Å². The van der Waals surface area contributed by atoms with Crippen molar-refractivity contribution in [2.45, 2.75) is 6.92 Å². The normalized spacial score (nSPS) is 10.8. The number of nitrogens with one attached hydrogen (secondary N) is 1. The lowest BCUT2D eigenvalue weighted by Gasteiger charge is -2.11. The van der Waals surface area contributed by atoms with Crippen LogP contribution in [0.5, 0.6) is 0 Å². The molecule has 0 aliphatic heterocycles. The number of nitrogens with zero attached hydrogens (tertiary/aromatic N) is 1. The summed E-state index contributed by atoms with van der Waals surface area (Å²) >= 11 is 1.31. The van der Waals surface area contributed by atoms with Crippen molar-refractivity contribution in [3.05, 3.63) is 108 Å². The zero-order valence-corrected chi connectivity index (χ0v) is 18.7. The van der Waals surface area contributed by atoms with Crippen LogP contribution in [0.3, 0.4) is 0 Å². The van der Waals surface area contributed by atoms with E-state index in [1.807, 2.05) is 84.9 Å². The van der Waals surface area contributed by atoms with E-state index in [1.54, 1.807) is 12.1 Å². The van der Waals surface area contributed by atoms with E-state index >= 15 is 0 Å². The third-order valence-electron chi connectivity index (χ3n) is 5.36. The highest BCUT2D eigenvalue weighted by Crippen LogP contribution is 2.43. The number of hydrogen-bond acceptors (Lipinski definition) is 4. The van der Waals surface area contributed by atoms with Gasteiger partial charge in [0.1, 0.15) is 9.71 Å². The molecule has 0 unspecified atom stereocenters. The molecule has 160 valence electrons. The van der Waals surface area contributed by atoms with E-state index in [2.05, 4.69) is 5.32 Å². The first kappa shape index (κ1) is 20.8. The molecule has 4 nitrogen and oxygen atoms in total. The molecule has 5 rings (SSSR count). The Morgan fingerprint density at radius 1 is 0.788 bits per heavy atom. The van der Waals surface area contributed by atoms with Crippen molar-refractivity contribution in [1.29, 1.82) is 0 Å². The highest BCUT2D eigenvalue weighted by Gasteiger charge is 2.24. The highest BCUT2D eigenvalue weighted by molar-refractivity contribution is 7.21. The number of amides is 1. The number of rotatable bonds is 5. The van der Waals surface area contributed by atoms with Gasteiger partial charge in [-0.05, 0) is 17.2 Å². The summed E-state index contributed by atoms with van der Waals surface area (Å²) in [7, 11) is 0. The molecule has 33 heavy (non-hydrogen) atoms. The number of anilines is 1. The highest BCUT2D eigenvalue weighted by atomic mass is 32.1. The van der Waals surface area contributed by atoms with Gasteiger partial charge in [0.25, 0.3) is 0 Å². The number of pyridine rings is 1. The monoisotopic (exact) mass is 448 g/mol. The molecule has 0 saturated heterocycles. The largest absolute Gasteiger partial charge is 0.324 e. The third kappa shape index (κ3) is 4.06. The van der Waals surface area contributed by atoms with E-state index in [4.69, 9.17) is 4.98 Å². The molecule has 0 aliphatic carbocycles. The molecular formula is C28H20N2O2S. The summed E-state index contributed by atoms with van der Waals surface area (Å²) in [5.74, 6) is -0.370. The Morgan fingerprint density at radius 3 is 1.97 bits per heavy atom. The Bertz CT molecular complexity index is 1460. The molecule has 0 fully saturated rings. The van der Waals surface area contributed by atoms with E-state index in [9.17, 15) is 9.59 Å². The molecule has 5 aromatic rings. The summed E-state index contributed by atoms with van der Waals surface area (Å²) in [5.41, 5.74) is 4.80. The van der Waals surface area contributed by atoms with Crippen LogP contribution in [0.15, 0.2) is 97.1 Å². The van der Waals surface area contributed by atoms with Crippen LogP contribution >= 0.6 is 11.3 Å². The third-order valence-corrected chi connectivity index (χ3v) is 6.44. The summed E-state index contributed by atoms with van der Waals surface area (Å²) in [4.78, 5) is 31.7. The summed E-state index contributed by atoms with van der Waals surface area (Å²) < 4.78 is 0. The van der Waals surface area contributed by atoms with Crippen LogP contribution in [0.4, 0.5) is 5.69 Å². The van der Waals surface area contributed by atoms with Crippen molar-refractivity contribution < 1.29 is 9.59 Å². The fourth-order valence-corrected chi connectivity index (χ4v) is 4.99. The lowest BCUT2D eigenvalue weighted by molar-refractivity contribution is -0.114. The Kier molecular flexibility index (Phi) is 5.55. The van der Waals surface area contributed by atoms with Crippen LogP contribution in [-0.2, 0) is 4.79 Å². The van der Waals surface area contributed by atoms with Crippen LogP contribution in [0.25, 0.3) is 32.6 Å². The number of benzene rings is 3. The van der Waals surface area contributed by atoms with E-state index in [-0.39, 0.29) is 11.7 Å². The van der Waals surface area contributed by atoms with Gasteiger partial charge in [0.15, 0.2) is 0 Å². The Morgan fingerprint density at radius 2 is 1.36 bits per heavy atom. The average molecular weight is 449 g/mol. The zero-order chi connectivity index (χ0) is 22.8. The smallest absolute Gasteiger partial charge is 0.221 e. The maximum atomic E-state index is 13.5. The van der Waals surface area contributed by atoms with Gasteiger partial charge < -0.3 is 5.32 Å². The topological polar surface area (TPSA) is 59.1 Å². The van der Waals surface area contributed by atoms with E-state index in [0.717, 1.165) is 27.8 Å². The van der Waals surface area contributed by atoms with Gasteiger partial charge >= 0.3 is 0 Å². The fraction of sp³-hybridized carbons (Fsp3) is 0.0357. The van der Waals surface area contributed by atoms with Crippen molar-refractivity contribution in [2.75, 3.05) is 5.32 Å². The fourth-order valence-electron chi connectivity index (χ4n) is 3.88. The van der Waals surface area contributed by atoms with E-state index in [0.29, 0.717) is 21.0 Å². The maximum Gasteiger partial charge on any atom is 0.221 e. The minimum absolute atomic E-state index is 0.136. The minimum atomic E-state index is -0.233. The number of hydrogen-bond donors (Lipinski definition) is 1. The number of aromatic nitrogens is 1. The van der Waals surface area contributed by atoms with Gasteiger partial charge in [0, 0.05) is 23.4 Å². The average Bonchev–Trinajstić information content (AvgIpc) is 3.22. The molecule has 1 N–H and O–H groups in total. The molecule has 0 atom stereocenters. The van der Waals surface area contributed by atoms with Crippen LogP contribution in [-0.4, -0.2) is 16.7 Å². The maximum absolute atomic E-state index is 13.5. The summed E-state index contributed by atoms with van der Waals surface area (Å²) in [6, 6.07) is 31.1. The Hall–Kier alpha value is -4.09. The SMILES string of the molecule is CC(=O)Nc1c(C(=O)c2ccccc2)sc2nc(-c3ccccc3)cc(-c3ccccc3)c12. The lowest BCUT2D eigenvalue weighted by atomic mass is 9.98. The van der Waals surface area contributed by atoms with Crippen molar-refractivity contribution in [3.8, 4) is 22.4 Å². The Labute approximate surface area is 195 Å². The molecule has 0 radical (unpaired) electrons. The number of carbonyl (C=O) groups excluding carboxylic acids is 2. The second kappa shape index (κ2) is 8.81. The van der Waals surface area contributed by atoms with E-state index in [1.165, 1.54) is 18.3 Å². The van der Waals surface area contributed by atoms with Crippen molar-refractivity contribution >= 4 is 38.9 Å². The van der Waals surface area contributed by atoms with Crippen molar-refractivity contribution in [3.63, 3.8) is 0 Å². The lowest BCUT2D eigenvalue weighted by Crippen LogP contribution is -2.10. The number of fused-ring (bicyclic) bond motifs is 1. The van der Waals surface area contributed by atoms with Gasteiger partial charge in [-0.25, -0.2) is 4.98 Å². The molecule has 3 aromatic carbocycles. The standard InChI is InChI=1S/C28H20N2O2S/c1-18(31)29-25-24-22(19-11-5-2-6-12-19)17-23(20-13-7-3-8-14-20)30-28(24)33-27(25)26(32)21-15-9-4-10-16-21/h2-17H,1H3,(H,29,31). The predicted octanol–water partition coefficient (Wildman–Crippen LogP) is 6.82. The minimum Gasteiger partial charge on any atom is -0.324 e. The molecule has 0 saturated carbocycles. The Balaban J connectivity index is 1.82. The first-order chi connectivity index (χ1) is 16.1. The van der Waals surface area contributed by atoms with Gasteiger partial charge in [-0.2, -0.15) is 0 Å². The number of ketones is 1. The molecule has 2 aromatic heterocycles. The van der Waals surface area contributed by atoms with Gasteiger partial charge in [-0.15, -0.1) is 11.3 Å². The van der Waals surface area contributed by atoms with E-state index < -0.39 is 0 Å². The summed E-state index contributed by atoms with van der Waals surface area (Å²) in [5, 5.41) is 3.71. The molecule has 5 heteroatoms. The van der Waals surface area contributed by atoms with Crippen LogP contribution in [0.2, 0.25) is 0 Å². The van der Waals surface area contributed by atoms with Crippen LogP contribution < -0.4 is 5.32 Å². The predicted molar refractivity (Wildman–Crippen MR) is 135 cm³/mol. The van der Waals surface area contributed by atoms with Gasteiger partial charge in [0.05, 0.1) is 11.4 Å². The molecular weight excluding hydrogens is 428 g/mol. The van der Waals surface area contributed by atoms with Gasteiger partial charge in [-0.3, -0.25) is 9.59 Å². The first-order valence-electron chi connectivity index (χ1n) is 10.6. The van der Waals surface area contributed by atoms with Gasteiger partial charge in [0.2, 0.25) is 11.7 Å². The quantitative estimate of drug-likeness (QED) is 0.300. The molecule has 2 heterocycles. The molecule has 1 amide bonds. The zero-order valence-electron chi connectivity index (χ0n) is 17.9. The van der Waals surface area contributed by atoms with Crippen LogP contribution in [0, 0.1) is 0 Å². The first-order valence-corrected chi connectivity index (χ1v) is 11.4. The van der Waals surface area contributed by atoms with Crippen LogP contribution in [0.1, 0.15) is 22.2 Å². The number of carbonyl (C=O) groups is 2. The second-order valence-electron chi connectivity index (χ2n) is 7.65. The summed E-state index contributed by atoms with van der Waals surface area (Å²) in [6.07, 6.45) is 0.